The summed E-state index contributed by atoms with van der Waals surface area (Å²) in [6.07, 6.45) is -4.62. The maximum absolute atomic E-state index is 13.6. The van der Waals surface area contributed by atoms with Crippen molar-refractivity contribution < 1.29 is 50.1 Å². The molecule has 0 saturated carbocycles. The number of nitrogens with one attached hydrogen (secondary N) is 1. The number of halogens is 7. The van der Waals surface area contributed by atoms with Gasteiger partial charge in [0.2, 0.25) is 12.2 Å². The average molecular weight is 512 g/mol. The lowest BCUT2D eigenvalue weighted by Crippen LogP contribution is -2.33. The van der Waals surface area contributed by atoms with Crippen LogP contribution >= 0.6 is 0 Å². The molecule has 3 rings (SSSR count). The van der Waals surface area contributed by atoms with Crippen molar-refractivity contribution in [1.82, 2.24) is 4.98 Å². The number of carbonyl (C=O) groups is 1. The molecule has 1 aliphatic heterocycles. The summed E-state index contributed by atoms with van der Waals surface area (Å²) >= 11 is 0. The summed E-state index contributed by atoms with van der Waals surface area (Å²) in [5, 5.41) is 12.1. The van der Waals surface area contributed by atoms with E-state index in [9.17, 15) is 40.6 Å². The predicted molar refractivity (Wildman–Crippen MR) is 110 cm³/mol. The van der Waals surface area contributed by atoms with E-state index in [0.717, 1.165) is 6.07 Å². The number of pyridine rings is 1. The highest BCUT2D eigenvalue weighted by molar-refractivity contribution is 5.71. The number of aliphatic hydroxyl groups is 1. The minimum atomic E-state index is -4.64. The van der Waals surface area contributed by atoms with Crippen LogP contribution in [0.5, 0.6) is 5.75 Å². The van der Waals surface area contributed by atoms with E-state index in [2.05, 4.69) is 19.8 Å². The maximum atomic E-state index is 13.6. The van der Waals surface area contributed by atoms with E-state index < -0.39 is 60.3 Å². The van der Waals surface area contributed by atoms with Crippen LogP contribution in [0, 0.1) is 17.6 Å². The zero-order valence-corrected chi connectivity index (χ0v) is 18.7. The first-order chi connectivity index (χ1) is 16.2. The number of carbonyl (C=O) groups excluding carboxylic acids is 1. The van der Waals surface area contributed by atoms with Gasteiger partial charge in [-0.2, -0.15) is 26.3 Å². The van der Waals surface area contributed by atoms with Gasteiger partial charge in [0, 0.05) is 29.3 Å². The first kappa shape index (κ1) is 28.3. The Hall–Kier alpha value is -2.93. The molecule has 1 aromatic heterocycles. The van der Waals surface area contributed by atoms with Crippen LogP contribution in [0.2, 0.25) is 0 Å². The van der Waals surface area contributed by atoms with E-state index in [1.807, 2.05) is 0 Å². The van der Waals surface area contributed by atoms with Gasteiger partial charge in [0.1, 0.15) is 5.60 Å². The molecule has 1 fully saturated rings. The molecule has 1 aromatic carbocycles. The highest BCUT2D eigenvalue weighted by atomic mass is 19.4. The van der Waals surface area contributed by atoms with Crippen molar-refractivity contribution in [3.63, 3.8) is 0 Å². The smallest absolute Gasteiger partial charge is 0.414 e. The first-order valence-electron chi connectivity index (χ1n) is 10.2. The SMILES string of the molecule is CC(C)(O)c1cc(NC=O)ccn1.CC1C(c2ccc(F)c(F)c2OC(F)F)COC1C(F)(F)F. The van der Waals surface area contributed by atoms with Crippen molar-refractivity contribution in [2.45, 2.75) is 51.2 Å². The fourth-order valence-electron chi connectivity index (χ4n) is 3.46. The number of nitrogens with zero attached hydrogens (tertiary/aromatic N) is 1. The van der Waals surface area contributed by atoms with Gasteiger partial charge in [-0.05, 0) is 32.0 Å². The number of amides is 1. The van der Waals surface area contributed by atoms with Crippen LogP contribution in [0.4, 0.5) is 36.4 Å². The van der Waals surface area contributed by atoms with Gasteiger partial charge >= 0.3 is 12.8 Å². The van der Waals surface area contributed by atoms with Crippen molar-refractivity contribution >= 4 is 12.1 Å². The molecule has 0 aliphatic carbocycles. The second kappa shape index (κ2) is 11.2. The number of rotatable bonds is 6. The maximum Gasteiger partial charge on any atom is 0.414 e. The number of hydrogen-bond acceptors (Lipinski definition) is 5. The number of alkyl halides is 5. The highest BCUT2D eigenvalue weighted by Crippen LogP contribution is 2.45. The molecule has 2 heterocycles. The quantitative estimate of drug-likeness (QED) is 0.415. The summed E-state index contributed by atoms with van der Waals surface area (Å²) in [7, 11) is 0. The standard InChI is InChI=1S/C13H11F7O2.C9H12N2O2/c1-5-7(4-21-11(5)13(18,19)20)6-2-3-8(14)9(15)10(6)22-12(16)17;1-9(2,13)8-5-7(11-6-12)3-4-10-8/h2-3,5,7,11-12H,4H2,1H3;3-6,13H,1-2H3,(H,10,11,12). The third kappa shape index (κ3) is 7.28. The minimum Gasteiger partial charge on any atom is -0.431 e. The van der Waals surface area contributed by atoms with Gasteiger partial charge in [0.05, 0.1) is 12.3 Å². The molecule has 2 N–H and O–H groups in total. The largest absolute Gasteiger partial charge is 0.431 e. The molecule has 0 radical (unpaired) electrons. The Morgan fingerprint density at radius 2 is 1.89 bits per heavy atom. The van der Waals surface area contributed by atoms with Crippen LogP contribution in [0.1, 0.15) is 37.9 Å². The molecule has 1 amide bonds. The molecule has 3 unspecified atom stereocenters. The second-order valence-corrected chi connectivity index (χ2v) is 8.17. The van der Waals surface area contributed by atoms with E-state index in [0.29, 0.717) is 23.9 Å². The molecular formula is C22H23F7N2O4. The topological polar surface area (TPSA) is 80.7 Å². The zero-order valence-electron chi connectivity index (χ0n) is 18.7. The van der Waals surface area contributed by atoms with Crippen LogP contribution < -0.4 is 10.1 Å². The average Bonchev–Trinajstić information content (AvgIpc) is 3.13. The van der Waals surface area contributed by atoms with Crippen LogP contribution in [-0.2, 0) is 15.1 Å². The van der Waals surface area contributed by atoms with Crippen LogP contribution in [-0.4, -0.2) is 42.0 Å². The summed E-state index contributed by atoms with van der Waals surface area (Å²) in [4.78, 5) is 14.1. The highest BCUT2D eigenvalue weighted by Gasteiger charge is 2.51. The van der Waals surface area contributed by atoms with Crippen molar-refractivity contribution in [1.29, 1.82) is 0 Å². The van der Waals surface area contributed by atoms with Crippen LogP contribution in [0.3, 0.4) is 0 Å². The summed E-state index contributed by atoms with van der Waals surface area (Å²) in [6, 6.07) is 4.87. The molecular weight excluding hydrogens is 489 g/mol. The lowest BCUT2D eigenvalue weighted by molar-refractivity contribution is -0.215. The van der Waals surface area contributed by atoms with Gasteiger partial charge in [-0.25, -0.2) is 4.39 Å². The molecule has 194 valence electrons. The lowest BCUT2D eigenvalue weighted by atomic mass is 9.86. The van der Waals surface area contributed by atoms with E-state index in [1.54, 1.807) is 32.2 Å². The Morgan fingerprint density at radius 3 is 2.40 bits per heavy atom. The Balaban J connectivity index is 0.000000283. The molecule has 1 aliphatic rings. The van der Waals surface area contributed by atoms with Gasteiger partial charge in [0.15, 0.2) is 17.7 Å². The molecule has 1 saturated heterocycles. The first-order valence-corrected chi connectivity index (χ1v) is 10.2. The van der Waals surface area contributed by atoms with Crippen molar-refractivity contribution in [2.24, 2.45) is 5.92 Å². The van der Waals surface area contributed by atoms with Crippen molar-refractivity contribution in [3.05, 3.63) is 53.4 Å². The predicted octanol–water partition coefficient (Wildman–Crippen LogP) is 5.12. The molecule has 6 nitrogen and oxygen atoms in total. The number of benzene rings is 1. The zero-order chi connectivity index (χ0) is 26.6. The number of aromatic nitrogens is 1. The minimum absolute atomic E-state index is 0.279. The summed E-state index contributed by atoms with van der Waals surface area (Å²) < 4.78 is 98.3. The normalized spacial score (nSPS) is 20.3. The third-order valence-corrected chi connectivity index (χ3v) is 5.19. The van der Waals surface area contributed by atoms with Crippen LogP contribution in [0.15, 0.2) is 30.5 Å². The summed E-state index contributed by atoms with van der Waals surface area (Å²) in [5.74, 6) is -6.39. The number of ether oxygens (including phenoxy) is 2. The van der Waals surface area contributed by atoms with Crippen LogP contribution in [0.25, 0.3) is 0 Å². The fraction of sp³-hybridized carbons (Fsp3) is 0.455. The Morgan fingerprint density at radius 1 is 1.23 bits per heavy atom. The van der Waals surface area contributed by atoms with Gasteiger partial charge in [-0.3, -0.25) is 9.78 Å². The van der Waals surface area contributed by atoms with E-state index >= 15 is 0 Å². The molecule has 13 heteroatoms. The molecule has 35 heavy (non-hydrogen) atoms. The van der Waals surface area contributed by atoms with Gasteiger partial charge < -0.3 is 19.9 Å². The molecule has 0 spiro atoms. The Kier molecular flexibility index (Phi) is 9.06. The van der Waals surface area contributed by atoms with Gasteiger partial charge in [0.25, 0.3) is 0 Å². The van der Waals surface area contributed by atoms with Crippen molar-refractivity contribution in [3.8, 4) is 5.75 Å². The molecule has 3 atom stereocenters. The molecule has 0 bridgehead atoms. The lowest BCUT2D eigenvalue weighted by Gasteiger charge is -2.22. The second-order valence-electron chi connectivity index (χ2n) is 8.17. The molecule has 2 aromatic rings. The fourth-order valence-corrected chi connectivity index (χ4v) is 3.46. The Bertz CT molecular complexity index is 1010. The number of anilines is 1. The van der Waals surface area contributed by atoms with Crippen molar-refractivity contribution in [2.75, 3.05) is 11.9 Å². The third-order valence-electron chi connectivity index (χ3n) is 5.19. The van der Waals surface area contributed by atoms with Gasteiger partial charge in [-0.1, -0.05) is 13.0 Å². The van der Waals surface area contributed by atoms with E-state index in [-0.39, 0.29) is 5.56 Å². The van der Waals surface area contributed by atoms with Gasteiger partial charge in [-0.15, -0.1) is 0 Å². The summed E-state index contributed by atoms with van der Waals surface area (Å²) in [6.45, 7) is 0.574. The monoisotopic (exact) mass is 512 g/mol. The van der Waals surface area contributed by atoms with E-state index in [1.165, 1.54) is 6.92 Å². The summed E-state index contributed by atoms with van der Waals surface area (Å²) in [5.41, 5.74) is -0.111. The number of hydrogen-bond donors (Lipinski definition) is 2. The van der Waals surface area contributed by atoms with E-state index in [4.69, 9.17) is 0 Å². The Labute approximate surface area is 196 Å².